The zero-order valence-electron chi connectivity index (χ0n) is 13.4. The molecule has 0 heterocycles. The molecule has 2 aromatic carbocycles. The summed E-state index contributed by atoms with van der Waals surface area (Å²) in [5.74, 6) is 0.328. The van der Waals surface area contributed by atoms with Crippen LogP contribution < -0.4 is 14.4 Å². The van der Waals surface area contributed by atoms with E-state index in [9.17, 15) is 13.2 Å². The number of amides is 1. The number of ether oxygens (including phenoxy) is 1. The van der Waals surface area contributed by atoms with Crippen molar-refractivity contribution in [1.82, 2.24) is 5.32 Å². The van der Waals surface area contributed by atoms with Gasteiger partial charge < -0.3 is 10.1 Å². The molecule has 0 spiro atoms. The third-order valence-corrected chi connectivity index (χ3v) is 4.31. The van der Waals surface area contributed by atoms with Crippen molar-refractivity contribution >= 4 is 21.6 Å². The lowest BCUT2D eigenvalue weighted by Gasteiger charge is -2.21. The van der Waals surface area contributed by atoms with Crippen molar-refractivity contribution in [3.63, 3.8) is 0 Å². The van der Waals surface area contributed by atoms with E-state index in [-0.39, 0.29) is 12.5 Å². The number of nitrogens with zero attached hydrogens (tertiary/aromatic N) is 1. The van der Waals surface area contributed by atoms with Gasteiger partial charge in [-0.15, -0.1) is 0 Å². The fourth-order valence-electron chi connectivity index (χ4n) is 2.06. The van der Waals surface area contributed by atoms with Crippen molar-refractivity contribution in [2.45, 2.75) is 0 Å². The van der Waals surface area contributed by atoms with Gasteiger partial charge in [0.2, 0.25) is 15.9 Å². The molecule has 0 radical (unpaired) electrons. The quantitative estimate of drug-likeness (QED) is 0.736. The van der Waals surface area contributed by atoms with E-state index in [2.05, 4.69) is 5.32 Å². The minimum Gasteiger partial charge on any atom is -0.492 e. The molecule has 6 nitrogen and oxygen atoms in total. The van der Waals surface area contributed by atoms with Gasteiger partial charge in [0, 0.05) is 0 Å². The topological polar surface area (TPSA) is 75.7 Å². The fraction of sp³-hybridized carbons (Fsp3) is 0.235. The fourth-order valence-corrected chi connectivity index (χ4v) is 2.91. The summed E-state index contributed by atoms with van der Waals surface area (Å²) in [7, 11) is -3.55. The highest BCUT2D eigenvalue weighted by Crippen LogP contribution is 2.16. The summed E-state index contributed by atoms with van der Waals surface area (Å²) < 4.78 is 30.3. The number of benzene rings is 2. The second-order valence-electron chi connectivity index (χ2n) is 5.12. The van der Waals surface area contributed by atoms with Crippen LogP contribution in [-0.2, 0) is 14.8 Å². The average Bonchev–Trinajstić information content (AvgIpc) is 2.57. The van der Waals surface area contributed by atoms with E-state index in [0.717, 1.165) is 10.6 Å². The van der Waals surface area contributed by atoms with Crippen LogP contribution in [0, 0.1) is 0 Å². The zero-order valence-corrected chi connectivity index (χ0v) is 14.2. The van der Waals surface area contributed by atoms with Crippen LogP contribution in [0.3, 0.4) is 0 Å². The number of carbonyl (C=O) groups is 1. The number of carbonyl (C=O) groups excluding carboxylic acids is 1. The highest BCUT2D eigenvalue weighted by molar-refractivity contribution is 7.92. The predicted octanol–water partition coefficient (Wildman–Crippen LogP) is 1.65. The highest BCUT2D eigenvalue weighted by Gasteiger charge is 2.20. The van der Waals surface area contributed by atoms with Gasteiger partial charge in [0.1, 0.15) is 18.9 Å². The first-order valence-electron chi connectivity index (χ1n) is 7.44. The summed E-state index contributed by atoms with van der Waals surface area (Å²) in [6.45, 7) is 0.328. The third-order valence-electron chi connectivity index (χ3n) is 3.17. The molecular weight excluding hydrogens is 328 g/mol. The second-order valence-corrected chi connectivity index (χ2v) is 7.02. The van der Waals surface area contributed by atoms with Crippen LogP contribution in [0.4, 0.5) is 5.69 Å². The van der Waals surface area contributed by atoms with Gasteiger partial charge in [-0.1, -0.05) is 36.4 Å². The molecule has 0 atom stereocenters. The van der Waals surface area contributed by atoms with Gasteiger partial charge in [0.05, 0.1) is 18.5 Å². The summed E-state index contributed by atoms with van der Waals surface area (Å²) in [5, 5.41) is 2.66. The first-order valence-corrected chi connectivity index (χ1v) is 9.29. The Morgan fingerprint density at radius 2 is 1.62 bits per heavy atom. The molecule has 24 heavy (non-hydrogen) atoms. The molecule has 0 bridgehead atoms. The molecule has 2 aromatic rings. The van der Waals surface area contributed by atoms with Crippen molar-refractivity contribution < 1.29 is 17.9 Å². The van der Waals surface area contributed by atoms with Crippen LogP contribution in [0.5, 0.6) is 5.75 Å². The lowest BCUT2D eigenvalue weighted by Crippen LogP contribution is -2.41. The van der Waals surface area contributed by atoms with Crippen LogP contribution in [-0.4, -0.2) is 40.3 Å². The molecule has 0 saturated heterocycles. The molecule has 0 aliphatic heterocycles. The van der Waals surface area contributed by atoms with Crippen molar-refractivity contribution in [3.05, 3.63) is 60.7 Å². The number of anilines is 1. The van der Waals surface area contributed by atoms with Gasteiger partial charge in [-0.25, -0.2) is 8.42 Å². The van der Waals surface area contributed by atoms with E-state index in [1.165, 1.54) is 0 Å². The Kier molecular flexibility index (Phi) is 6.20. The van der Waals surface area contributed by atoms with Gasteiger partial charge in [0.15, 0.2) is 0 Å². The third kappa shape index (κ3) is 5.58. The normalized spacial score (nSPS) is 10.9. The summed E-state index contributed by atoms with van der Waals surface area (Å²) in [5.41, 5.74) is 0.454. The summed E-state index contributed by atoms with van der Waals surface area (Å²) in [6.07, 6.45) is 1.08. The standard InChI is InChI=1S/C17H20N2O4S/c1-24(21,22)19(15-8-4-2-5-9-15)14-17(20)18-12-13-23-16-10-6-3-7-11-16/h2-11H,12-14H2,1H3,(H,18,20). The summed E-state index contributed by atoms with van der Waals surface area (Å²) in [4.78, 5) is 12.0. The van der Waals surface area contributed by atoms with Crippen LogP contribution in [0.25, 0.3) is 0 Å². The highest BCUT2D eigenvalue weighted by atomic mass is 32.2. The van der Waals surface area contributed by atoms with Gasteiger partial charge >= 0.3 is 0 Å². The second kappa shape index (κ2) is 8.35. The summed E-state index contributed by atoms with van der Waals surface area (Å²) in [6, 6.07) is 17.8. The van der Waals surface area contributed by atoms with Crippen molar-refractivity contribution in [1.29, 1.82) is 0 Å². The van der Waals surface area contributed by atoms with E-state index in [4.69, 9.17) is 4.74 Å². The van der Waals surface area contributed by atoms with Crippen molar-refractivity contribution in [2.24, 2.45) is 0 Å². The smallest absolute Gasteiger partial charge is 0.240 e. The minimum absolute atomic E-state index is 0.270. The Labute approximate surface area is 142 Å². The number of rotatable bonds is 8. The molecular formula is C17H20N2O4S. The average molecular weight is 348 g/mol. The van der Waals surface area contributed by atoms with Gasteiger partial charge in [-0.2, -0.15) is 0 Å². The molecule has 0 fully saturated rings. The van der Waals surface area contributed by atoms with Crippen LogP contribution in [0.15, 0.2) is 60.7 Å². The van der Waals surface area contributed by atoms with Crippen LogP contribution in [0.1, 0.15) is 0 Å². The van der Waals surface area contributed by atoms with E-state index in [0.29, 0.717) is 24.6 Å². The Morgan fingerprint density at radius 3 is 2.21 bits per heavy atom. The minimum atomic E-state index is -3.55. The molecule has 128 valence electrons. The number of hydrogen-bond acceptors (Lipinski definition) is 4. The van der Waals surface area contributed by atoms with Gasteiger partial charge in [-0.3, -0.25) is 9.10 Å². The van der Waals surface area contributed by atoms with Gasteiger partial charge in [0.25, 0.3) is 0 Å². The Balaban J connectivity index is 1.85. The maximum atomic E-state index is 12.0. The number of nitrogens with one attached hydrogen (secondary N) is 1. The summed E-state index contributed by atoms with van der Waals surface area (Å²) >= 11 is 0. The molecule has 1 amide bonds. The maximum Gasteiger partial charge on any atom is 0.240 e. The number of sulfonamides is 1. The molecule has 0 unspecified atom stereocenters. The monoisotopic (exact) mass is 348 g/mol. The van der Waals surface area contributed by atoms with Crippen LogP contribution in [0.2, 0.25) is 0 Å². The Morgan fingerprint density at radius 1 is 1.04 bits per heavy atom. The Hall–Kier alpha value is -2.54. The van der Waals surface area contributed by atoms with E-state index in [1.54, 1.807) is 30.3 Å². The lowest BCUT2D eigenvalue weighted by molar-refractivity contribution is -0.119. The zero-order chi connectivity index (χ0) is 17.4. The first-order chi connectivity index (χ1) is 11.5. The molecule has 0 aromatic heterocycles. The molecule has 2 rings (SSSR count). The Bertz CT molecular complexity index is 749. The van der Waals surface area contributed by atoms with Crippen molar-refractivity contribution in [3.8, 4) is 5.75 Å². The maximum absolute atomic E-state index is 12.0. The molecule has 7 heteroatoms. The molecule has 0 aliphatic rings. The van der Waals surface area contributed by atoms with Crippen molar-refractivity contribution in [2.75, 3.05) is 30.3 Å². The number of para-hydroxylation sites is 2. The lowest BCUT2D eigenvalue weighted by atomic mass is 10.3. The van der Waals surface area contributed by atoms with E-state index in [1.807, 2.05) is 30.3 Å². The number of hydrogen-bond donors (Lipinski definition) is 1. The predicted molar refractivity (Wildman–Crippen MR) is 93.6 cm³/mol. The van der Waals surface area contributed by atoms with E-state index >= 15 is 0 Å². The SMILES string of the molecule is CS(=O)(=O)N(CC(=O)NCCOc1ccccc1)c1ccccc1. The van der Waals surface area contributed by atoms with Crippen LogP contribution >= 0.6 is 0 Å². The molecule has 1 N–H and O–H groups in total. The largest absolute Gasteiger partial charge is 0.492 e. The first kappa shape index (κ1) is 17.8. The molecule has 0 saturated carbocycles. The van der Waals surface area contributed by atoms with Gasteiger partial charge in [-0.05, 0) is 24.3 Å². The van der Waals surface area contributed by atoms with E-state index < -0.39 is 10.0 Å². The molecule has 0 aliphatic carbocycles.